The van der Waals surface area contributed by atoms with E-state index in [1.807, 2.05) is 17.0 Å². The summed E-state index contributed by atoms with van der Waals surface area (Å²) < 4.78 is 0. The summed E-state index contributed by atoms with van der Waals surface area (Å²) in [5.41, 5.74) is 1.04. The van der Waals surface area contributed by atoms with Crippen molar-refractivity contribution in [2.24, 2.45) is 0 Å². The van der Waals surface area contributed by atoms with E-state index in [2.05, 4.69) is 15.9 Å². The Hall–Kier alpha value is -1.03. The molecule has 0 bridgehead atoms. The SMILES string of the molecule is O=C1CC(Br)CN1Cc1ccc(O)cc1. The van der Waals surface area contributed by atoms with Crippen molar-refractivity contribution in [2.45, 2.75) is 17.8 Å². The van der Waals surface area contributed by atoms with E-state index in [4.69, 9.17) is 5.11 Å². The van der Waals surface area contributed by atoms with Gasteiger partial charge >= 0.3 is 0 Å². The van der Waals surface area contributed by atoms with E-state index in [9.17, 15) is 4.79 Å². The highest BCUT2D eigenvalue weighted by Gasteiger charge is 2.27. The van der Waals surface area contributed by atoms with Crippen LogP contribution in [0.15, 0.2) is 24.3 Å². The molecule has 1 saturated heterocycles. The van der Waals surface area contributed by atoms with Crippen LogP contribution in [0.25, 0.3) is 0 Å². The minimum Gasteiger partial charge on any atom is -0.508 e. The van der Waals surface area contributed by atoms with Crippen molar-refractivity contribution in [2.75, 3.05) is 6.54 Å². The molecular weight excluding hydrogens is 258 g/mol. The van der Waals surface area contributed by atoms with Gasteiger partial charge in [0, 0.05) is 24.3 Å². The smallest absolute Gasteiger partial charge is 0.224 e. The predicted octanol–water partition coefficient (Wildman–Crippen LogP) is 1.89. The third-order valence-corrected chi connectivity index (χ3v) is 3.09. The fourth-order valence-corrected chi connectivity index (χ4v) is 2.33. The lowest BCUT2D eigenvalue weighted by molar-refractivity contribution is -0.128. The van der Waals surface area contributed by atoms with Gasteiger partial charge < -0.3 is 10.0 Å². The molecule has 80 valence electrons. The number of aromatic hydroxyl groups is 1. The first-order valence-electron chi connectivity index (χ1n) is 4.85. The lowest BCUT2D eigenvalue weighted by atomic mass is 10.2. The molecule has 1 atom stereocenters. The molecule has 1 unspecified atom stereocenters. The van der Waals surface area contributed by atoms with Crippen molar-refractivity contribution in [3.63, 3.8) is 0 Å². The summed E-state index contributed by atoms with van der Waals surface area (Å²) in [5, 5.41) is 9.12. The molecule has 1 amide bonds. The minimum atomic E-state index is 0.185. The average molecular weight is 270 g/mol. The number of nitrogens with zero attached hydrogens (tertiary/aromatic N) is 1. The summed E-state index contributed by atoms with van der Waals surface area (Å²) in [7, 11) is 0. The summed E-state index contributed by atoms with van der Waals surface area (Å²) in [6, 6.07) is 6.96. The van der Waals surface area contributed by atoms with Crippen LogP contribution in [0.4, 0.5) is 0 Å². The van der Waals surface area contributed by atoms with Crippen molar-refractivity contribution >= 4 is 21.8 Å². The summed E-state index contributed by atoms with van der Waals surface area (Å²) in [5.74, 6) is 0.440. The van der Waals surface area contributed by atoms with Crippen molar-refractivity contribution < 1.29 is 9.90 Å². The normalized spacial score (nSPS) is 21.0. The predicted molar refractivity (Wildman–Crippen MR) is 60.9 cm³/mol. The lowest BCUT2D eigenvalue weighted by Gasteiger charge is -2.15. The number of rotatable bonds is 2. The first-order chi connectivity index (χ1) is 7.15. The Labute approximate surface area is 96.8 Å². The van der Waals surface area contributed by atoms with Crippen LogP contribution in [0, 0.1) is 0 Å². The Balaban J connectivity index is 2.03. The van der Waals surface area contributed by atoms with Crippen molar-refractivity contribution in [3.8, 4) is 5.75 Å². The third kappa shape index (κ3) is 2.50. The molecular formula is C11H12BrNO2. The molecule has 1 aliphatic heterocycles. The van der Waals surface area contributed by atoms with Crippen LogP contribution in [0.3, 0.4) is 0 Å². The van der Waals surface area contributed by atoms with Crippen molar-refractivity contribution in [1.82, 2.24) is 4.90 Å². The molecule has 4 heteroatoms. The van der Waals surface area contributed by atoms with Crippen molar-refractivity contribution in [3.05, 3.63) is 29.8 Å². The zero-order valence-electron chi connectivity index (χ0n) is 8.19. The van der Waals surface area contributed by atoms with Gasteiger partial charge in [-0.1, -0.05) is 28.1 Å². The monoisotopic (exact) mass is 269 g/mol. The first-order valence-corrected chi connectivity index (χ1v) is 5.76. The molecule has 0 spiro atoms. The topological polar surface area (TPSA) is 40.5 Å². The van der Waals surface area contributed by atoms with E-state index in [1.165, 1.54) is 0 Å². The molecule has 1 fully saturated rings. The van der Waals surface area contributed by atoms with Crippen molar-refractivity contribution in [1.29, 1.82) is 0 Å². The van der Waals surface area contributed by atoms with Gasteiger partial charge in [0.05, 0.1) is 0 Å². The van der Waals surface area contributed by atoms with E-state index in [1.54, 1.807) is 12.1 Å². The van der Waals surface area contributed by atoms with Gasteiger partial charge in [0.25, 0.3) is 0 Å². The molecule has 1 aliphatic rings. The molecule has 1 heterocycles. The summed E-state index contributed by atoms with van der Waals surface area (Å²) in [4.78, 5) is 13.6. The van der Waals surface area contributed by atoms with E-state index < -0.39 is 0 Å². The van der Waals surface area contributed by atoms with Crippen LogP contribution >= 0.6 is 15.9 Å². The van der Waals surface area contributed by atoms with Crippen LogP contribution in [0.1, 0.15) is 12.0 Å². The Morgan fingerprint density at radius 3 is 2.60 bits per heavy atom. The molecule has 1 aromatic carbocycles. The third-order valence-electron chi connectivity index (χ3n) is 2.48. The number of phenols is 1. The van der Waals surface area contributed by atoms with Gasteiger partial charge in [-0.15, -0.1) is 0 Å². The number of carbonyl (C=O) groups excluding carboxylic acids is 1. The van der Waals surface area contributed by atoms with Gasteiger partial charge in [-0.3, -0.25) is 4.79 Å². The van der Waals surface area contributed by atoms with Gasteiger partial charge in [0.2, 0.25) is 5.91 Å². The van der Waals surface area contributed by atoms with Gasteiger partial charge in [0.1, 0.15) is 5.75 Å². The Bertz CT molecular complexity index is 363. The summed E-state index contributed by atoms with van der Waals surface area (Å²) in [6.45, 7) is 1.39. The van der Waals surface area contributed by atoms with E-state index in [-0.39, 0.29) is 16.5 Å². The number of alkyl halides is 1. The van der Waals surface area contributed by atoms with Crippen LogP contribution < -0.4 is 0 Å². The number of hydrogen-bond donors (Lipinski definition) is 1. The number of halogens is 1. The minimum absolute atomic E-state index is 0.185. The molecule has 1 aromatic rings. The molecule has 0 saturated carbocycles. The molecule has 1 N–H and O–H groups in total. The molecule has 0 radical (unpaired) electrons. The number of benzene rings is 1. The van der Waals surface area contributed by atoms with E-state index in [0.29, 0.717) is 13.0 Å². The van der Waals surface area contributed by atoms with E-state index in [0.717, 1.165) is 12.1 Å². The second-order valence-electron chi connectivity index (χ2n) is 3.74. The average Bonchev–Trinajstić information content (AvgIpc) is 2.49. The maximum atomic E-state index is 11.5. The molecule has 3 nitrogen and oxygen atoms in total. The molecule has 0 aromatic heterocycles. The molecule has 15 heavy (non-hydrogen) atoms. The fourth-order valence-electron chi connectivity index (χ4n) is 1.70. The maximum Gasteiger partial charge on any atom is 0.224 e. The summed E-state index contributed by atoms with van der Waals surface area (Å²) >= 11 is 3.44. The van der Waals surface area contributed by atoms with Crippen LogP contribution in [-0.2, 0) is 11.3 Å². The second-order valence-corrected chi connectivity index (χ2v) is 5.04. The zero-order chi connectivity index (χ0) is 10.8. The number of phenolic OH excluding ortho intramolecular Hbond substituents is 1. The number of carbonyl (C=O) groups is 1. The van der Waals surface area contributed by atoms with E-state index >= 15 is 0 Å². The summed E-state index contributed by atoms with van der Waals surface area (Å²) in [6.07, 6.45) is 0.581. The fraction of sp³-hybridized carbons (Fsp3) is 0.364. The van der Waals surface area contributed by atoms with Gasteiger partial charge in [0.15, 0.2) is 0 Å². The highest BCUT2D eigenvalue weighted by atomic mass is 79.9. The Morgan fingerprint density at radius 2 is 2.07 bits per heavy atom. The van der Waals surface area contributed by atoms with Crippen LogP contribution in [0.2, 0.25) is 0 Å². The van der Waals surface area contributed by atoms with Gasteiger partial charge in [-0.25, -0.2) is 0 Å². The Morgan fingerprint density at radius 1 is 1.40 bits per heavy atom. The lowest BCUT2D eigenvalue weighted by Crippen LogP contribution is -2.24. The Kier molecular flexibility index (Phi) is 2.95. The number of likely N-dealkylation sites (tertiary alicyclic amines) is 1. The maximum absolute atomic E-state index is 11.5. The highest BCUT2D eigenvalue weighted by molar-refractivity contribution is 9.09. The molecule has 0 aliphatic carbocycles. The van der Waals surface area contributed by atoms with Gasteiger partial charge in [-0.2, -0.15) is 0 Å². The second kappa shape index (κ2) is 4.23. The zero-order valence-corrected chi connectivity index (χ0v) is 9.77. The van der Waals surface area contributed by atoms with Crippen LogP contribution in [-0.4, -0.2) is 27.3 Å². The van der Waals surface area contributed by atoms with Gasteiger partial charge in [-0.05, 0) is 17.7 Å². The first kappa shape index (κ1) is 10.5. The molecule has 2 rings (SSSR count). The van der Waals surface area contributed by atoms with Crippen LogP contribution in [0.5, 0.6) is 5.75 Å². The number of amides is 1. The standard InChI is InChI=1S/C11H12BrNO2/c12-9-5-11(15)13(7-9)6-8-1-3-10(14)4-2-8/h1-4,9,14H,5-7H2. The largest absolute Gasteiger partial charge is 0.508 e. The number of hydrogen-bond acceptors (Lipinski definition) is 2. The quantitative estimate of drug-likeness (QED) is 0.834. The highest BCUT2D eigenvalue weighted by Crippen LogP contribution is 2.20.